The van der Waals surface area contributed by atoms with Crippen molar-refractivity contribution < 1.29 is 39.2 Å². The number of esters is 1. The highest BCUT2D eigenvalue weighted by atomic mass is 16.5. The SMILES string of the molecule is CCOC(=O)c1c(C(=O)O)c(C(=O)O)c(C(=O)O)n1C. The van der Waals surface area contributed by atoms with E-state index in [1.165, 1.54) is 6.92 Å². The first-order valence-corrected chi connectivity index (χ1v) is 5.33. The van der Waals surface area contributed by atoms with E-state index in [-0.39, 0.29) is 6.61 Å². The van der Waals surface area contributed by atoms with Crippen LogP contribution in [0.15, 0.2) is 0 Å². The molecule has 0 fully saturated rings. The lowest BCUT2D eigenvalue weighted by atomic mass is 10.1. The minimum Gasteiger partial charge on any atom is -0.478 e. The van der Waals surface area contributed by atoms with Crippen molar-refractivity contribution in [3.63, 3.8) is 0 Å². The Kier molecular flexibility index (Phi) is 4.13. The van der Waals surface area contributed by atoms with E-state index in [0.29, 0.717) is 4.57 Å². The summed E-state index contributed by atoms with van der Waals surface area (Å²) in [6.07, 6.45) is 0. The summed E-state index contributed by atoms with van der Waals surface area (Å²) in [5, 5.41) is 27.1. The molecule has 20 heavy (non-hydrogen) atoms. The highest BCUT2D eigenvalue weighted by Gasteiger charge is 2.36. The molecule has 1 aromatic heterocycles. The molecular weight excluding hydrogens is 274 g/mol. The van der Waals surface area contributed by atoms with Gasteiger partial charge in [-0.05, 0) is 6.92 Å². The molecule has 1 rings (SSSR count). The lowest BCUT2D eigenvalue weighted by Gasteiger charge is -2.05. The van der Waals surface area contributed by atoms with E-state index in [9.17, 15) is 19.2 Å². The third-order valence-corrected chi connectivity index (χ3v) is 2.49. The van der Waals surface area contributed by atoms with Crippen molar-refractivity contribution in [1.29, 1.82) is 0 Å². The normalized spacial score (nSPS) is 10.1. The van der Waals surface area contributed by atoms with Crippen molar-refractivity contribution in [2.24, 2.45) is 7.05 Å². The summed E-state index contributed by atoms with van der Waals surface area (Å²) >= 11 is 0. The van der Waals surface area contributed by atoms with E-state index in [1.54, 1.807) is 0 Å². The molecule has 9 heteroatoms. The largest absolute Gasteiger partial charge is 0.478 e. The van der Waals surface area contributed by atoms with Crippen LogP contribution in [0.5, 0.6) is 0 Å². The Labute approximate surface area is 112 Å². The number of carbonyl (C=O) groups is 4. The van der Waals surface area contributed by atoms with E-state index in [0.717, 1.165) is 7.05 Å². The summed E-state index contributed by atoms with van der Waals surface area (Å²) in [5.41, 5.74) is -3.31. The average molecular weight is 285 g/mol. The van der Waals surface area contributed by atoms with Gasteiger partial charge in [-0.3, -0.25) is 0 Å². The van der Waals surface area contributed by atoms with Gasteiger partial charge in [0, 0.05) is 7.05 Å². The fourth-order valence-electron chi connectivity index (χ4n) is 1.79. The summed E-state index contributed by atoms with van der Waals surface area (Å²) in [5.74, 6) is -6.26. The average Bonchev–Trinajstić information content (AvgIpc) is 2.63. The first-order valence-electron chi connectivity index (χ1n) is 5.33. The number of aromatic nitrogens is 1. The molecule has 1 aromatic rings. The van der Waals surface area contributed by atoms with Crippen LogP contribution in [0.25, 0.3) is 0 Å². The number of carboxylic acids is 3. The maximum atomic E-state index is 11.7. The maximum Gasteiger partial charge on any atom is 0.355 e. The number of rotatable bonds is 5. The fourth-order valence-corrected chi connectivity index (χ4v) is 1.79. The standard InChI is InChI=1S/C11H11NO8/c1-3-20-11(19)7-5(9(15)16)4(8(13)14)6(10(17)18)12(7)2/h3H2,1-2H3,(H,13,14)(H,15,16)(H,17,18). The van der Waals surface area contributed by atoms with Crippen molar-refractivity contribution in [3.05, 3.63) is 22.5 Å². The smallest absolute Gasteiger partial charge is 0.355 e. The summed E-state index contributed by atoms with van der Waals surface area (Å²) < 4.78 is 5.31. The minimum atomic E-state index is -1.76. The summed E-state index contributed by atoms with van der Waals surface area (Å²) in [6, 6.07) is 0. The molecule has 9 nitrogen and oxygen atoms in total. The first-order chi connectivity index (χ1) is 9.23. The van der Waals surface area contributed by atoms with Crippen molar-refractivity contribution in [3.8, 4) is 0 Å². The number of hydrogen-bond donors (Lipinski definition) is 3. The molecule has 1 heterocycles. The molecule has 0 unspecified atom stereocenters. The van der Waals surface area contributed by atoms with Gasteiger partial charge in [0.05, 0.1) is 6.61 Å². The molecule has 108 valence electrons. The van der Waals surface area contributed by atoms with E-state index in [1.807, 2.05) is 0 Å². The predicted octanol–water partition coefficient (Wildman–Crippen LogP) is 0.296. The van der Waals surface area contributed by atoms with E-state index in [4.69, 9.17) is 15.3 Å². The van der Waals surface area contributed by atoms with Crippen molar-refractivity contribution in [1.82, 2.24) is 4.57 Å². The molecule has 0 saturated carbocycles. The quantitative estimate of drug-likeness (QED) is 0.655. The third-order valence-electron chi connectivity index (χ3n) is 2.49. The number of hydrogen-bond acceptors (Lipinski definition) is 5. The van der Waals surface area contributed by atoms with E-state index >= 15 is 0 Å². The van der Waals surface area contributed by atoms with Crippen LogP contribution in [-0.2, 0) is 11.8 Å². The third kappa shape index (κ3) is 2.32. The zero-order valence-corrected chi connectivity index (χ0v) is 10.5. The summed E-state index contributed by atoms with van der Waals surface area (Å²) in [4.78, 5) is 45.1. The lowest BCUT2D eigenvalue weighted by molar-refractivity contribution is 0.0503. The van der Waals surface area contributed by atoms with Crippen LogP contribution in [0.4, 0.5) is 0 Å². The molecule has 3 N–H and O–H groups in total. The Morgan fingerprint density at radius 3 is 1.75 bits per heavy atom. The lowest BCUT2D eigenvalue weighted by Crippen LogP contribution is -2.16. The Bertz CT molecular complexity index is 612. The molecule has 0 spiro atoms. The van der Waals surface area contributed by atoms with Crippen LogP contribution in [0.3, 0.4) is 0 Å². The molecule has 0 aliphatic heterocycles. The number of carbonyl (C=O) groups excluding carboxylic acids is 1. The molecule has 0 saturated heterocycles. The van der Waals surface area contributed by atoms with Gasteiger partial charge in [-0.1, -0.05) is 0 Å². The molecule has 0 radical (unpaired) electrons. The second kappa shape index (κ2) is 5.43. The number of ether oxygens (including phenoxy) is 1. The van der Waals surface area contributed by atoms with Crippen LogP contribution in [0.2, 0.25) is 0 Å². The van der Waals surface area contributed by atoms with Crippen LogP contribution >= 0.6 is 0 Å². The molecule has 0 atom stereocenters. The van der Waals surface area contributed by atoms with Crippen molar-refractivity contribution in [2.45, 2.75) is 6.92 Å². The number of aromatic carboxylic acids is 3. The van der Waals surface area contributed by atoms with Gasteiger partial charge in [-0.15, -0.1) is 0 Å². The van der Waals surface area contributed by atoms with Crippen molar-refractivity contribution in [2.75, 3.05) is 6.61 Å². The second-order valence-electron chi connectivity index (χ2n) is 3.64. The van der Waals surface area contributed by atoms with Gasteiger partial charge in [0.2, 0.25) is 0 Å². The topological polar surface area (TPSA) is 143 Å². The van der Waals surface area contributed by atoms with E-state index < -0.39 is 46.4 Å². The van der Waals surface area contributed by atoms with Gasteiger partial charge >= 0.3 is 23.9 Å². The van der Waals surface area contributed by atoms with Gasteiger partial charge < -0.3 is 24.6 Å². The Hall–Kier alpha value is -2.84. The van der Waals surface area contributed by atoms with Gasteiger partial charge in [0.1, 0.15) is 22.5 Å². The maximum absolute atomic E-state index is 11.7. The van der Waals surface area contributed by atoms with Gasteiger partial charge in [0.25, 0.3) is 0 Å². The van der Waals surface area contributed by atoms with Crippen LogP contribution in [0.1, 0.15) is 48.6 Å². The number of carboxylic acid groups (broad SMARTS) is 3. The Morgan fingerprint density at radius 1 is 0.950 bits per heavy atom. The molecule has 0 aliphatic carbocycles. The summed E-state index contributed by atoms with van der Waals surface area (Å²) in [7, 11) is 1.08. The molecule has 0 bridgehead atoms. The predicted molar refractivity (Wildman–Crippen MR) is 62.2 cm³/mol. The Balaban J connectivity index is 3.80. The zero-order chi connectivity index (χ0) is 15.6. The minimum absolute atomic E-state index is 0.0755. The van der Waals surface area contributed by atoms with Crippen LogP contribution in [-0.4, -0.2) is 50.4 Å². The molecule has 0 aromatic carbocycles. The molecule has 0 aliphatic rings. The van der Waals surface area contributed by atoms with Gasteiger partial charge in [0.15, 0.2) is 0 Å². The zero-order valence-electron chi connectivity index (χ0n) is 10.5. The van der Waals surface area contributed by atoms with Gasteiger partial charge in [-0.25, -0.2) is 19.2 Å². The monoisotopic (exact) mass is 285 g/mol. The van der Waals surface area contributed by atoms with Crippen LogP contribution < -0.4 is 0 Å². The number of nitrogens with zero attached hydrogens (tertiary/aromatic N) is 1. The Morgan fingerprint density at radius 2 is 1.40 bits per heavy atom. The second-order valence-corrected chi connectivity index (χ2v) is 3.64. The highest BCUT2D eigenvalue weighted by molar-refractivity contribution is 6.14. The highest BCUT2D eigenvalue weighted by Crippen LogP contribution is 2.24. The van der Waals surface area contributed by atoms with E-state index in [2.05, 4.69) is 4.74 Å². The molecule has 0 amide bonds. The van der Waals surface area contributed by atoms with Gasteiger partial charge in [-0.2, -0.15) is 0 Å². The summed E-state index contributed by atoms with van der Waals surface area (Å²) in [6.45, 7) is 1.39. The molecular formula is C11H11NO8. The first kappa shape index (κ1) is 15.2. The van der Waals surface area contributed by atoms with Crippen molar-refractivity contribution >= 4 is 23.9 Å². The fraction of sp³-hybridized carbons (Fsp3) is 0.273. The van der Waals surface area contributed by atoms with Crippen LogP contribution in [0, 0.1) is 0 Å².